The van der Waals surface area contributed by atoms with E-state index in [4.69, 9.17) is 15.5 Å². The Hall–Kier alpha value is -2.15. The van der Waals surface area contributed by atoms with E-state index in [0.717, 1.165) is 41.0 Å². The quantitative estimate of drug-likeness (QED) is 0.681. The number of ether oxygens (including phenoxy) is 1. The summed E-state index contributed by atoms with van der Waals surface area (Å²) < 4.78 is 8.01. The van der Waals surface area contributed by atoms with Crippen molar-refractivity contribution < 1.29 is 9.53 Å². The highest BCUT2D eigenvalue weighted by atomic mass is 16.5. The fourth-order valence-electron chi connectivity index (χ4n) is 3.21. The summed E-state index contributed by atoms with van der Waals surface area (Å²) in [6.45, 7) is 12.4. The van der Waals surface area contributed by atoms with Crippen LogP contribution >= 0.6 is 0 Å². The van der Waals surface area contributed by atoms with Crippen LogP contribution in [0.4, 0.5) is 5.82 Å². The molecule has 0 spiro atoms. The van der Waals surface area contributed by atoms with Crippen molar-refractivity contribution in [3.63, 3.8) is 0 Å². The van der Waals surface area contributed by atoms with Crippen LogP contribution in [0.15, 0.2) is 0 Å². The highest BCUT2D eigenvalue weighted by molar-refractivity contribution is 5.88. The van der Waals surface area contributed by atoms with Gasteiger partial charge in [-0.05, 0) is 25.8 Å². The molecule has 0 radical (unpaired) electrons. The third kappa shape index (κ3) is 4.77. The smallest absolute Gasteiger partial charge is 0.224 e. The highest BCUT2D eigenvalue weighted by Crippen LogP contribution is 2.26. The number of anilines is 1. The first-order valence-corrected chi connectivity index (χ1v) is 9.72. The van der Waals surface area contributed by atoms with Gasteiger partial charge >= 0.3 is 0 Å². The van der Waals surface area contributed by atoms with Gasteiger partial charge in [0.1, 0.15) is 11.3 Å². The lowest BCUT2D eigenvalue weighted by molar-refractivity contribution is -0.133. The van der Waals surface area contributed by atoms with E-state index in [9.17, 15) is 4.79 Å². The van der Waals surface area contributed by atoms with Crippen molar-refractivity contribution >= 4 is 22.8 Å². The predicted molar refractivity (Wildman–Crippen MR) is 109 cm³/mol. The van der Waals surface area contributed by atoms with Crippen molar-refractivity contribution in [1.29, 1.82) is 0 Å². The molecule has 150 valence electrons. The molecule has 2 rings (SSSR count). The molecule has 0 aromatic carbocycles. The van der Waals surface area contributed by atoms with Gasteiger partial charge in [-0.2, -0.15) is 0 Å². The first kappa shape index (κ1) is 21.2. The van der Waals surface area contributed by atoms with Crippen LogP contribution in [0.3, 0.4) is 0 Å². The van der Waals surface area contributed by atoms with E-state index in [0.29, 0.717) is 32.1 Å². The molecule has 2 aromatic heterocycles. The van der Waals surface area contributed by atoms with E-state index in [-0.39, 0.29) is 11.8 Å². The minimum Gasteiger partial charge on any atom is -0.382 e. The van der Waals surface area contributed by atoms with Crippen molar-refractivity contribution in [1.82, 2.24) is 19.4 Å². The van der Waals surface area contributed by atoms with Gasteiger partial charge < -0.3 is 19.9 Å². The molecule has 2 N–H and O–H groups in total. The number of carbonyl (C=O) groups is 1. The molecule has 7 heteroatoms. The number of pyridine rings is 1. The van der Waals surface area contributed by atoms with E-state index in [2.05, 4.69) is 23.4 Å². The fraction of sp³-hybridized carbons (Fsp3) is 0.650. The van der Waals surface area contributed by atoms with Crippen LogP contribution in [-0.4, -0.2) is 52.1 Å². The van der Waals surface area contributed by atoms with Crippen LogP contribution in [0.2, 0.25) is 0 Å². The molecule has 0 unspecified atom stereocenters. The van der Waals surface area contributed by atoms with E-state index >= 15 is 0 Å². The summed E-state index contributed by atoms with van der Waals surface area (Å²) >= 11 is 0. The summed E-state index contributed by atoms with van der Waals surface area (Å²) in [5, 5.41) is 0. The maximum Gasteiger partial charge on any atom is 0.224 e. The van der Waals surface area contributed by atoms with Crippen LogP contribution in [0, 0.1) is 19.8 Å². The number of aryl methyl sites for hydroxylation is 3. The zero-order valence-corrected chi connectivity index (χ0v) is 17.5. The van der Waals surface area contributed by atoms with Gasteiger partial charge in [-0.25, -0.2) is 9.97 Å². The standard InChI is InChI=1S/C20H33N5O2/c1-7-8-16-23-17-18(14(4)15(5)22-19(17)21)25(16)10-12-27-11-9-24(6)20(26)13(2)3/h13H,7-12H2,1-6H3,(H2,21,22). The van der Waals surface area contributed by atoms with Crippen LogP contribution in [0.1, 0.15) is 44.3 Å². The third-order valence-corrected chi connectivity index (χ3v) is 4.85. The molecule has 0 fully saturated rings. The molecule has 27 heavy (non-hydrogen) atoms. The minimum atomic E-state index is 0.00852. The predicted octanol–water partition coefficient (Wildman–Crippen LogP) is 2.71. The molecule has 0 aliphatic heterocycles. The fourth-order valence-corrected chi connectivity index (χ4v) is 3.21. The van der Waals surface area contributed by atoms with Gasteiger partial charge in [0.15, 0.2) is 5.82 Å². The van der Waals surface area contributed by atoms with E-state index in [1.54, 1.807) is 4.90 Å². The number of rotatable bonds is 9. The van der Waals surface area contributed by atoms with E-state index < -0.39 is 0 Å². The number of carbonyl (C=O) groups excluding carboxylic acids is 1. The van der Waals surface area contributed by atoms with Crippen LogP contribution in [0.5, 0.6) is 0 Å². The highest BCUT2D eigenvalue weighted by Gasteiger charge is 2.17. The van der Waals surface area contributed by atoms with Crippen LogP contribution in [-0.2, 0) is 22.5 Å². The Morgan fingerprint density at radius 2 is 1.96 bits per heavy atom. The number of imidazole rings is 1. The summed E-state index contributed by atoms with van der Waals surface area (Å²) in [7, 11) is 1.82. The Kier molecular flexibility index (Phi) is 7.18. The maximum atomic E-state index is 11.9. The van der Waals surface area contributed by atoms with E-state index in [1.807, 2.05) is 27.8 Å². The number of hydrogen-bond donors (Lipinski definition) is 1. The van der Waals surface area contributed by atoms with Crippen molar-refractivity contribution in [2.75, 3.05) is 32.5 Å². The second-order valence-electron chi connectivity index (χ2n) is 7.36. The number of nitrogens with two attached hydrogens (primary N) is 1. The molecular weight excluding hydrogens is 342 g/mol. The van der Waals surface area contributed by atoms with Gasteiger partial charge in [0.05, 0.1) is 18.7 Å². The van der Waals surface area contributed by atoms with Gasteiger partial charge in [-0.15, -0.1) is 0 Å². The van der Waals surface area contributed by atoms with Gasteiger partial charge in [-0.1, -0.05) is 20.8 Å². The first-order valence-electron chi connectivity index (χ1n) is 9.72. The van der Waals surface area contributed by atoms with Gasteiger partial charge in [-0.3, -0.25) is 4.79 Å². The number of amides is 1. The molecule has 0 aliphatic carbocycles. The number of likely N-dealkylation sites (N-methyl/N-ethyl adjacent to an activating group) is 1. The normalized spacial score (nSPS) is 11.5. The van der Waals surface area contributed by atoms with Crippen LogP contribution < -0.4 is 5.73 Å². The van der Waals surface area contributed by atoms with Crippen LogP contribution in [0.25, 0.3) is 11.0 Å². The SMILES string of the molecule is CCCc1nc2c(N)nc(C)c(C)c2n1CCOCCN(C)C(=O)C(C)C. The molecule has 0 aliphatic rings. The molecule has 0 bridgehead atoms. The average molecular weight is 376 g/mol. The maximum absolute atomic E-state index is 11.9. The lowest BCUT2D eigenvalue weighted by atomic mass is 10.2. The zero-order valence-electron chi connectivity index (χ0n) is 17.5. The Morgan fingerprint density at radius 3 is 2.59 bits per heavy atom. The zero-order chi connectivity index (χ0) is 20.1. The second kappa shape index (κ2) is 9.17. The molecule has 2 heterocycles. The largest absolute Gasteiger partial charge is 0.382 e. The van der Waals surface area contributed by atoms with Crippen molar-refractivity contribution in [3.8, 4) is 0 Å². The van der Waals surface area contributed by atoms with Crippen molar-refractivity contribution in [3.05, 3.63) is 17.1 Å². The monoisotopic (exact) mass is 375 g/mol. The van der Waals surface area contributed by atoms with Crippen molar-refractivity contribution in [2.45, 2.75) is 54.0 Å². The topological polar surface area (TPSA) is 86.3 Å². The van der Waals surface area contributed by atoms with Crippen molar-refractivity contribution in [2.24, 2.45) is 5.92 Å². The first-order chi connectivity index (χ1) is 12.8. The average Bonchev–Trinajstić information content (AvgIpc) is 2.98. The minimum absolute atomic E-state index is 0.00852. The summed E-state index contributed by atoms with van der Waals surface area (Å²) in [6, 6.07) is 0. The summed E-state index contributed by atoms with van der Waals surface area (Å²) in [4.78, 5) is 22.8. The summed E-state index contributed by atoms with van der Waals surface area (Å²) in [6.07, 6.45) is 1.90. The molecule has 7 nitrogen and oxygen atoms in total. The van der Waals surface area contributed by atoms with Gasteiger partial charge in [0.25, 0.3) is 0 Å². The van der Waals surface area contributed by atoms with Gasteiger partial charge in [0.2, 0.25) is 5.91 Å². The van der Waals surface area contributed by atoms with Gasteiger partial charge in [0, 0.05) is 38.2 Å². The lowest BCUT2D eigenvalue weighted by Gasteiger charge is -2.19. The molecule has 1 amide bonds. The molecule has 0 atom stereocenters. The second-order valence-corrected chi connectivity index (χ2v) is 7.36. The molecule has 2 aromatic rings. The number of hydrogen-bond acceptors (Lipinski definition) is 5. The molecule has 0 saturated carbocycles. The molecular formula is C20H33N5O2. The summed E-state index contributed by atoms with van der Waals surface area (Å²) in [5.41, 5.74) is 9.98. The lowest BCUT2D eigenvalue weighted by Crippen LogP contribution is -2.33. The Labute approximate surface area is 161 Å². The van der Waals surface area contributed by atoms with E-state index in [1.165, 1.54) is 0 Å². The number of nitrogen functional groups attached to an aromatic ring is 1. The number of fused-ring (bicyclic) bond motifs is 1. The Balaban J connectivity index is 2.07. The Morgan fingerprint density at radius 1 is 1.26 bits per heavy atom. The Bertz CT molecular complexity index is 798. The summed E-state index contributed by atoms with van der Waals surface area (Å²) in [5.74, 6) is 1.65. The third-order valence-electron chi connectivity index (χ3n) is 4.85. The molecule has 0 saturated heterocycles. The number of aromatic nitrogens is 3. The number of nitrogens with zero attached hydrogens (tertiary/aromatic N) is 4.